The number of aliphatic carboxylic acids is 1. The van der Waals surface area contributed by atoms with Gasteiger partial charge in [-0.3, -0.25) is 4.79 Å². The molecule has 4 nitrogen and oxygen atoms in total. The molecular formula is C17H23NO3. The number of carbonyl (C=O) groups excluding carboxylic acids is 1. The highest BCUT2D eigenvalue weighted by Crippen LogP contribution is 2.14. The summed E-state index contributed by atoms with van der Waals surface area (Å²) >= 11 is 0. The largest absolute Gasteiger partial charge is 0.478 e. The van der Waals surface area contributed by atoms with Crippen LogP contribution in [0.3, 0.4) is 0 Å². The molecule has 0 heterocycles. The summed E-state index contributed by atoms with van der Waals surface area (Å²) < 4.78 is 0. The quantitative estimate of drug-likeness (QED) is 0.568. The number of carboxylic acids is 1. The van der Waals surface area contributed by atoms with Crippen LogP contribution in [-0.4, -0.2) is 17.0 Å². The third kappa shape index (κ3) is 6.75. The Balaban J connectivity index is 2.52. The zero-order valence-corrected chi connectivity index (χ0v) is 12.6. The van der Waals surface area contributed by atoms with Gasteiger partial charge in [0.1, 0.15) is 0 Å². The van der Waals surface area contributed by atoms with Crippen LogP contribution in [0.4, 0.5) is 0 Å². The molecule has 0 saturated heterocycles. The van der Waals surface area contributed by atoms with Crippen molar-refractivity contribution in [3.05, 3.63) is 41.5 Å². The fourth-order valence-electron chi connectivity index (χ4n) is 2.00. The molecule has 4 heteroatoms. The summed E-state index contributed by atoms with van der Waals surface area (Å²) in [6, 6.07) is 7.44. The molecule has 0 fully saturated rings. The van der Waals surface area contributed by atoms with Gasteiger partial charge in [-0.1, -0.05) is 44.0 Å². The second-order valence-corrected chi connectivity index (χ2v) is 5.08. The van der Waals surface area contributed by atoms with E-state index in [4.69, 9.17) is 5.11 Å². The van der Waals surface area contributed by atoms with E-state index in [0.29, 0.717) is 6.42 Å². The van der Waals surface area contributed by atoms with E-state index in [1.54, 1.807) is 6.08 Å². The molecule has 0 aromatic heterocycles. The van der Waals surface area contributed by atoms with Crippen molar-refractivity contribution in [2.75, 3.05) is 0 Å². The first-order valence-electron chi connectivity index (χ1n) is 7.33. The molecule has 1 rings (SSSR count). The summed E-state index contributed by atoms with van der Waals surface area (Å²) in [5.74, 6) is -0.891. The van der Waals surface area contributed by atoms with Gasteiger partial charge < -0.3 is 10.4 Å². The third-order valence-electron chi connectivity index (χ3n) is 3.24. The third-order valence-corrected chi connectivity index (χ3v) is 3.24. The van der Waals surface area contributed by atoms with Gasteiger partial charge in [0.05, 0.1) is 6.04 Å². The Morgan fingerprint density at radius 2 is 1.90 bits per heavy atom. The first-order valence-corrected chi connectivity index (χ1v) is 7.33. The van der Waals surface area contributed by atoms with E-state index in [2.05, 4.69) is 12.2 Å². The Morgan fingerprint density at radius 3 is 2.48 bits per heavy atom. The van der Waals surface area contributed by atoms with Gasteiger partial charge in [-0.2, -0.15) is 0 Å². The molecule has 21 heavy (non-hydrogen) atoms. The van der Waals surface area contributed by atoms with Gasteiger partial charge in [0.15, 0.2) is 0 Å². The van der Waals surface area contributed by atoms with Crippen LogP contribution in [0.5, 0.6) is 0 Å². The van der Waals surface area contributed by atoms with Crippen molar-refractivity contribution in [3.8, 4) is 0 Å². The minimum atomic E-state index is -0.966. The molecule has 0 spiro atoms. The topological polar surface area (TPSA) is 66.4 Å². The van der Waals surface area contributed by atoms with Crippen LogP contribution < -0.4 is 5.32 Å². The smallest absolute Gasteiger partial charge is 0.328 e. The minimum absolute atomic E-state index is 0.0448. The summed E-state index contributed by atoms with van der Waals surface area (Å²) in [7, 11) is 0. The van der Waals surface area contributed by atoms with Gasteiger partial charge >= 0.3 is 5.97 Å². The van der Waals surface area contributed by atoms with Crippen molar-refractivity contribution in [2.24, 2.45) is 0 Å². The standard InChI is InChI=1S/C17H23NO3/c1-3-4-5-6-16(19)18-13(2)15-10-7-14(8-11-15)9-12-17(20)21/h7-13H,3-6H2,1-2H3,(H,18,19)(H,20,21). The predicted molar refractivity (Wildman–Crippen MR) is 83.8 cm³/mol. The molecule has 1 amide bonds. The van der Waals surface area contributed by atoms with Crippen LogP contribution in [0.25, 0.3) is 6.08 Å². The summed E-state index contributed by atoms with van der Waals surface area (Å²) in [6.45, 7) is 4.06. The van der Waals surface area contributed by atoms with Gasteiger partial charge in [0, 0.05) is 12.5 Å². The molecule has 0 aliphatic heterocycles. The number of hydrogen-bond donors (Lipinski definition) is 2. The van der Waals surface area contributed by atoms with Gasteiger partial charge in [0.25, 0.3) is 0 Å². The summed E-state index contributed by atoms with van der Waals surface area (Å²) in [6.07, 6.45) is 6.32. The van der Waals surface area contributed by atoms with Gasteiger partial charge in [-0.05, 0) is 30.5 Å². The molecule has 0 radical (unpaired) electrons. The summed E-state index contributed by atoms with van der Waals surface area (Å²) in [5.41, 5.74) is 1.83. The maximum absolute atomic E-state index is 11.8. The van der Waals surface area contributed by atoms with Crippen molar-refractivity contribution in [3.63, 3.8) is 0 Å². The Hall–Kier alpha value is -2.10. The minimum Gasteiger partial charge on any atom is -0.478 e. The number of nitrogens with one attached hydrogen (secondary N) is 1. The van der Waals surface area contributed by atoms with E-state index in [1.165, 1.54) is 0 Å². The maximum atomic E-state index is 11.8. The second kappa shape index (κ2) is 8.95. The van der Waals surface area contributed by atoms with Crippen molar-refractivity contribution in [1.29, 1.82) is 0 Å². The average molecular weight is 289 g/mol. The molecule has 1 unspecified atom stereocenters. The van der Waals surface area contributed by atoms with E-state index in [1.807, 2.05) is 31.2 Å². The van der Waals surface area contributed by atoms with Crippen LogP contribution >= 0.6 is 0 Å². The molecule has 0 aliphatic rings. The van der Waals surface area contributed by atoms with E-state index >= 15 is 0 Å². The van der Waals surface area contributed by atoms with Gasteiger partial charge in [-0.15, -0.1) is 0 Å². The summed E-state index contributed by atoms with van der Waals surface area (Å²) in [4.78, 5) is 22.2. The van der Waals surface area contributed by atoms with Crippen molar-refractivity contribution < 1.29 is 14.7 Å². The molecular weight excluding hydrogens is 266 g/mol. The highest BCUT2D eigenvalue weighted by atomic mass is 16.4. The van der Waals surface area contributed by atoms with E-state index in [-0.39, 0.29) is 11.9 Å². The van der Waals surface area contributed by atoms with Crippen LogP contribution in [0.1, 0.15) is 56.7 Å². The van der Waals surface area contributed by atoms with Crippen molar-refractivity contribution >= 4 is 18.0 Å². The predicted octanol–water partition coefficient (Wildman–Crippen LogP) is 3.54. The molecule has 1 aromatic carbocycles. The fourth-order valence-corrected chi connectivity index (χ4v) is 2.00. The number of carbonyl (C=O) groups is 2. The van der Waals surface area contributed by atoms with E-state index in [9.17, 15) is 9.59 Å². The molecule has 0 bridgehead atoms. The maximum Gasteiger partial charge on any atom is 0.328 e. The number of amides is 1. The Morgan fingerprint density at radius 1 is 1.24 bits per heavy atom. The first-order chi connectivity index (χ1) is 10.0. The number of hydrogen-bond acceptors (Lipinski definition) is 2. The van der Waals surface area contributed by atoms with Crippen molar-refractivity contribution in [2.45, 2.75) is 45.6 Å². The lowest BCUT2D eigenvalue weighted by molar-refractivity contribution is -0.131. The van der Waals surface area contributed by atoms with Crippen LogP contribution in [0.15, 0.2) is 30.3 Å². The van der Waals surface area contributed by atoms with Crippen LogP contribution in [0, 0.1) is 0 Å². The number of carboxylic acid groups (broad SMARTS) is 1. The molecule has 114 valence electrons. The van der Waals surface area contributed by atoms with Gasteiger partial charge in [0.2, 0.25) is 5.91 Å². The van der Waals surface area contributed by atoms with Crippen molar-refractivity contribution in [1.82, 2.24) is 5.32 Å². The zero-order valence-electron chi connectivity index (χ0n) is 12.6. The average Bonchev–Trinajstić information content (AvgIpc) is 2.45. The number of rotatable bonds is 8. The molecule has 0 saturated carbocycles. The molecule has 1 atom stereocenters. The monoisotopic (exact) mass is 289 g/mol. The zero-order chi connectivity index (χ0) is 15.7. The number of benzene rings is 1. The van der Waals surface area contributed by atoms with E-state index < -0.39 is 5.97 Å². The Bertz CT molecular complexity index is 491. The highest BCUT2D eigenvalue weighted by Gasteiger charge is 2.08. The lowest BCUT2D eigenvalue weighted by Gasteiger charge is -2.14. The van der Waals surface area contributed by atoms with Crippen LogP contribution in [-0.2, 0) is 9.59 Å². The van der Waals surface area contributed by atoms with Gasteiger partial charge in [-0.25, -0.2) is 4.79 Å². The molecule has 2 N–H and O–H groups in total. The Labute approximate surface area is 125 Å². The molecule has 1 aromatic rings. The van der Waals surface area contributed by atoms with Crippen LogP contribution in [0.2, 0.25) is 0 Å². The lowest BCUT2D eigenvalue weighted by Crippen LogP contribution is -2.26. The normalized spacial score (nSPS) is 12.3. The number of unbranched alkanes of at least 4 members (excludes halogenated alkanes) is 2. The highest BCUT2D eigenvalue weighted by molar-refractivity contribution is 5.85. The SMILES string of the molecule is CCCCCC(=O)NC(C)c1ccc(C=CC(=O)O)cc1. The first kappa shape index (κ1) is 17.0. The Kier molecular flexibility index (Phi) is 7.23. The van der Waals surface area contributed by atoms with E-state index in [0.717, 1.165) is 36.5 Å². The second-order valence-electron chi connectivity index (χ2n) is 5.08. The lowest BCUT2D eigenvalue weighted by atomic mass is 10.1. The fraction of sp³-hybridized carbons (Fsp3) is 0.412. The summed E-state index contributed by atoms with van der Waals surface area (Å²) in [5, 5.41) is 11.5. The molecule has 0 aliphatic carbocycles.